The quantitative estimate of drug-likeness (QED) is 0.0351. The maximum Gasteiger partial charge on any atom is 0.325 e. The van der Waals surface area contributed by atoms with Crippen molar-refractivity contribution in [1.82, 2.24) is 10.6 Å². The average Bonchev–Trinajstić information content (AvgIpc) is 3.16. The van der Waals surface area contributed by atoms with Crippen molar-refractivity contribution in [1.29, 1.82) is 0 Å². The van der Waals surface area contributed by atoms with Gasteiger partial charge < -0.3 is 24.8 Å². The summed E-state index contributed by atoms with van der Waals surface area (Å²) in [4.78, 5) is 61.5. The molecule has 0 aromatic heterocycles. The summed E-state index contributed by atoms with van der Waals surface area (Å²) in [6, 6.07) is 0. The third-order valence-corrected chi connectivity index (χ3v) is 10.9. The van der Waals surface area contributed by atoms with Crippen molar-refractivity contribution < 1.29 is 38.2 Å². The van der Waals surface area contributed by atoms with Gasteiger partial charge >= 0.3 is 17.9 Å². The van der Waals surface area contributed by atoms with Crippen molar-refractivity contribution in [3.8, 4) is 0 Å². The second-order valence-electron chi connectivity index (χ2n) is 16.7. The van der Waals surface area contributed by atoms with Gasteiger partial charge in [-0.1, -0.05) is 168 Å². The summed E-state index contributed by atoms with van der Waals surface area (Å²) >= 11 is 1.43. The van der Waals surface area contributed by atoms with Gasteiger partial charge in [-0.25, -0.2) is 0 Å². The molecule has 1 atom stereocenters. The van der Waals surface area contributed by atoms with Gasteiger partial charge in [0, 0.05) is 30.8 Å². The zero-order valence-electron chi connectivity index (χ0n) is 37.3. The predicted octanol–water partition coefficient (Wildman–Crippen LogP) is 11.1. The molecule has 2 N–H and O–H groups in total. The van der Waals surface area contributed by atoms with Crippen LogP contribution in [0.3, 0.4) is 0 Å². The Morgan fingerprint density at radius 3 is 1.33 bits per heavy atom. The van der Waals surface area contributed by atoms with E-state index in [1.54, 1.807) is 20.8 Å². The van der Waals surface area contributed by atoms with E-state index in [2.05, 4.69) is 24.5 Å². The van der Waals surface area contributed by atoms with Crippen LogP contribution in [0, 0.1) is 0 Å². The largest absolute Gasteiger partial charge is 0.462 e. The minimum absolute atomic E-state index is 0.00135. The first kappa shape index (κ1) is 54.7. The van der Waals surface area contributed by atoms with Crippen LogP contribution in [0.2, 0.25) is 0 Å². The van der Waals surface area contributed by atoms with E-state index in [9.17, 15) is 24.0 Å². The summed E-state index contributed by atoms with van der Waals surface area (Å²) in [5.74, 6) is -1.08. The lowest BCUT2D eigenvalue weighted by Crippen LogP contribution is -2.40. The van der Waals surface area contributed by atoms with E-state index in [1.165, 1.54) is 140 Å². The number of rotatable bonds is 40. The molecule has 0 aliphatic rings. The molecule has 0 aromatic rings. The molecular weight excluding hydrogens is 741 g/mol. The first-order valence-corrected chi connectivity index (χ1v) is 24.3. The molecule has 0 fully saturated rings. The summed E-state index contributed by atoms with van der Waals surface area (Å²) < 4.78 is 16.5. The number of amides is 2. The fraction of sp³-hybridized carbons (Fsp3) is 0.891. The number of hydrogen-bond donors (Lipinski definition) is 2. The normalized spacial score (nSPS) is 11.9. The molecule has 0 rings (SSSR count). The second kappa shape index (κ2) is 39.2. The van der Waals surface area contributed by atoms with E-state index in [0.717, 1.165) is 38.5 Å². The van der Waals surface area contributed by atoms with Crippen LogP contribution in [-0.2, 0) is 38.2 Å². The Labute approximate surface area is 353 Å². The number of thioether (sulfide) groups is 1. The monoisotopic (exact) mass is 827 g/mol. The Morgan fingerprint density at radius 1 is 0.491 bits per heavy atom. The average molecular weight is 827 g/mol. The van der Waals surface area contributed by atoms with Gasteiger partial charge in [0.05, 0.1) is 6.54 Å². The molecule has 0 bridgehead atoms. The molecular formula is C46H86N2O8S. The van der Waals surface area contributed by atoms with E-state index in [0.29, 0.717) is 24.3 Å². The van der Waals surface area contributed by atoms with Crippen LogP contribution in [0.4, 0.5) is 0 Å². The van der Waals surface area contributed by atoms with Gasteiger partial charge in [0.25, 0.3) is 0 Å². The number of hydrogen-bond acceptors (Lipinski definition) is 9. The molecule has 0 saturated heterocycles. The molecule has 57 heavy (non-hydrogen) atoms. The molecule has 0 aromatic carbocycles. The molecule has 11 heteroatoms. The summed E-state index contributed by atoms with van der Waals surface area (Å²) in [5.41, 5.74) is -0.648. The third kappa shape index (κ3) is 41.7. The highest BCUT2D eigenvalue weighted by atomic mass is 32.2. The highest BCUT2D eigenvalue weighted by Crippen LogP contribution is 2.16. The number of unbranched alkanes of at least 4 members (excludes halogenated alkanes) is 24. The Bertz CT molecular complexity index is 1020. The number of ether oxygens (including phenoxy) is 3. The molecule has 2 amide bonds. The molecule has 0 saturated carbocycles. The van der Waals surface area contributed by atoms with Crippen LogP contribution >= 0.6 is 11.8 Å². The lowest BCUT2D eigenvalue weighted by atomic mass is 10.0. The number of carbonyl (C=O) groups is 5. The third-order valence-electron chi connectivity index (χ3n) is 9.77. The van der Waals surface area contributed by atoms with Crippen molar-refractivity contribution in [2.24, 2.45) is 0 Å². The van der Waals surface area contributed by atoms with Crippen LogP contribution < -0.4 is 10.6 Å². The van der Waals surface area contributed by atoms with Gasteiger partial charge in [-0.15, -0.1) is 0 Å². The van der Waals surface area contributed by atoms with Crippen LogP contribution in [0.1, 0.15) is 221 Å². The maximum atomic E-state index is 12.8. The van der Waals surface area contributed by atoms with Gasteiger partial charge in [0.2, 0.25) is 11.8 Å². The predicted molar refractivity (Wildman–Crippen MR) is 235 cm³/mol. The number of carbonyl (C=O) groups excluding carboxylic acids is 5. The lowest BCUT2D eigenvalue weighted by molar-refractivity contribution is -0.157. The Morgan fingerprint density at radius 2 is 0.895 bits per heavy atom. The minimum atomic E-state index is -0.648. The van der Waals surface area contributed by atoms with Gasteiger partial charge in [-0.2, -0.15) is 11.8 Å². The first-order valence-electron chi connectivity index (χ1n) is 23.1. The Balaban J connectivity index is 4.46. The standard InChI is InChI=1S/C46H86N2O8S/c1-6-8-10-12-14-16-18-20-22-24-26-28-30-32-43(51)54-38-40(55-44(52)33-31-29-27-25-23-21-19-17-15-13-11-9-7-2)39-57-35-34-41(49)47-36-42(50)48-37-45(53)56-46(3,4)5/h40H,6-39H2,1-5H3,(H,47,49)(H,48,50). The van der Waals surface area contributed by atoms with Crippen LogP contribution in [0.5, 0.6) is 0 Å². The summed E-state index contributed by atoms with van der Waals surface area (Å²) in [6.45, 7) is 9.21. The summed E-state index contributed by atoms with van der Waals surface area (Å²) in [6.07, 6.45) is 32.4. The molecule has 334 valence electrons. The molecule has 10 nitrogen and oxygen atoms in total. The van der Waals surface area contributed by atoms with Gasteiger partial charge in [0.1, 0.15) is 24.9 Å². The van der Waals surface area contributed by atoms with E-state index >= 15 is 0 Å². The van der Waals surface area contributed by atoms with Crippen molar-refractivity contribution in [2.75, 3.05) is 31.2 Å². The Hall–Kier alpha value is -2.30. The fourth-order valence-electron chi connectivity index (χ4n) is 6.45. The number of esters is 3. The van der Waals surface area contributed by atoms with Crippen LogP contribution in [0.25, 0.3) is 0 Å². The zero-order valence-corrected chi connectivity index (χ0v) is 38.1. The van der Waals surface area contributed by atoms with Crippen molar-refractivity contribution in [3.63, 3.8) is 0 Å². The van der Waals surface area contributed by atoms with Crippen molar-refractivity contribution in [2.45, 2.75) is 233 Å². The van der Waals surface area contributed by atoms with E-state index in [1.807, 2.05) is 0 Å². The lowest BCUT2D eigenvalue weighted by Gasteiger charge is -2.19. The first-order chi connectivity index (χ1) is 27.5. The molecule has 0 aliphatic carbocycles. The molecule has 1 unspecified atom stereocenters. The van der Waals surface area contributed by atoms with E-state index < -0.39 is 23.6 Å². The second-order valence-corrected chi connectivity index (χ2v) is 17.9. The van der Waals surface area contributed by atoms with Crippen molar-refractivity contribution in [3.05, 3.63) is 0 Å². The highest BCUT2D eigenvalue weighted by Gasteiger charge is 2.19. The molecule has 0 spiro atoms. The zero-order chi connectivity index (χ0) is 42.2. The van der Waals surface area contributed by atoms with Gasteiger partial charge in [-0.05, 0) is 33.6 Å². The SMILES string of the molecule is CCCCCCCCCCCCCCCC(=O)OCC(CSCCC(=O)NCC(=O)NCC(=O)OC(C)(C)C)OC(=O)CCCCCCCCCCCCCCC. The number of nitrogens with one attached hydrogen (secondary N) is 2. The van der Waals surface area contributed by atoms with Crippen LogP contribution in [0.15, 0.2) is 0 Å². The van der Waals surface area contributed by atoms with E-state index in [4.69, 9.17) is 14.2 Å². The van der Waals surface area contributed by atoms with Gasteiger partial charge in [-0.3, -0.25) is 24.0 Å². The van der Waals surface area contributed by atoms with Crippen LogP contribution in [-0.4, -0.2) is 72.6 Å². The molecule has 0 radical (unpaired) electrons. The summed E-state index contributed by atoms with van der Waals surface area (Å²) in [7, 11) is 0. The van der Waals surface area contributed by atoms with Gasteiger partial charge in [0.15, 0.2) is 0 Å². The summed E-state index contributed by atoms with van der Waals surface area (Å²) in [5, 5.41) is 4.99. The molecule has 0 heterocycles. The fourth-order valence-corrected chi connectivity index (χ4v) is 7.37. The topological polar surface area (TPSA) is 137 Å². The maximum absolute atomic E-state index is 12.8. The highest BCUT2D eigenvalue weighted by molar-refractivity contribution is 7.99. The Kier molecular flexibility index (Phi) is 37.6. The molecule has 0 aliphatic heterocycles. The van der Waals surface area contributed by atoms with Crippen molar-refractivity contribution >= 4 is 41.5 Å². The minimum Gasteiger partial charge on any atom is -0.462 e. The smallest absolute Gasteiger partial charge is 0.325 e. The van der Waals surface area contributed by atoms with E-state index in [-0.39, 0.29) is 44.0 Å².